The Morgan fingerprint density at radius 2 is 2.16 bits per heavy atom. The summed E-state index contributed by atoms with van der Waals surface area (Å²) in [6.07, 6.45) is 1.73. The normalized spacial score (nSPS) is 11.1. The molecule has 96 valence electrons. The Morgan fingerprint density at radius 3 is 2.89 bits per heavy atom. The van der Waals surface area contributed by atoms with Gasteiger partial charge in [0.1, 0.15) is 6.54 Å². The number of hydrogen-bond donors (Lipinski definition) is 0. The van der Waals surface area contributed by atoms with Gasteiger partial charge < -0.3 is 8.98 Å². The Bertz CT molecular complexity index is 807. The van der Waals surface area contributed by atoms with Crippen LogP contribution >= 0.6 is 15.9 Å². The summed E-state index contributed by atoms with van der Waals surface area (Å²) >= 11 is 3.39. The summed E-state index contributed by atoms with van der Waals surface area (Å²) in [4.78, 5) is 12.3. The number of aryl methyl sites for hydroxylation is 1. The van der Waals surface area contributed by atoms with Gasteiger partial charge in [0.25, 0.3) is 5.56 Å². The average Bonchev–Trinajstić information content (AvgIpc) is 2.78. The molecule has 2 aromatic heterocycles. The number of rotatable bonds is 2. The monoisotopic (exact) mass is 319 g/mol. The van der Waals surface area contributed by atoms with Gasteiger partial charge in [-0.1, -0.05) is 15.9 Å². The highest BCUT2D eigenvalue weighted by Gasteiger charge is 2.07. The molecule has 0 N–H and O–H groups in total. The smallest absolute Gasteiger partial charge is 0.258 e. The number of nitrogens with zero attached hydrogens (tertiary/aromatic N) is 3. The van der Waals surface area contributed by atoms with Crippen LogP contribution in [0.2, 0.25) is 0 Å². The van der Waals surface area contributed by atoms with E-state index >= 15 is 0 Å². The molecule has 3 rings (SSSR count). The Balaban J connectivity index is 2.08. The highest BCUT2D eigenvalue weighted by atomic mass is 79.9. The first kappa shape index (κ1) is 12.1. The second-order valence-electron chi connectivity index (χ2n) is 4.20. The topological polar surface area (TPSA) is 60.9 Å². The van der Waals surface area contributed by atoms with Crippen molar-refractivity contribution in [2.75, 3.05) is 0 Å². The minimum Gasteiger partial charge on any atom is -0.424 e. The molecule has 0 saturated carbocycles. The fraction of sp³-hybridized carbons (Fsp3) is 0.154. The molecule has 3 aromatic rings. The fourth-order valence-corrected chi connectivity index (χ4v) is 2.31. The van der Waals surface area contributed by atoms with Crippen molar-refractivity contribution in [1.82, 2.24) is 14.8 Å². The van der Waals surface area contributed by atoms with Crippen LogP contribution in [0.5, 0.6) is 0 Å². The van der Waals surface area contributed by atoms with Gasteiger partial charge in [-0.25, -0.2) is 0 Å². The number of hydrogen-bond acceptors (Lipinski definition) is 4. The molecule has 0 spiro atoms. The van der Waals surface area contributed by atoms with Crippen molar-refractivity contribution in [3.63, 3.8) is 0 Å². The van der Waals surface area contributed by atoms with E-state index < -0.39 is 0 Å². The summed E-state index contributed by atoms with van der Waals surface area (Å²) in [5, 5.41) is 9.21. The van der Waals surface area contributed by atoms with Crippen LogP contribution in [-0.4, -0.2) is 14.8 Å². The zero-order chi connectivity index (χ0) is 13.4. The number of fused-ring (bicyclic) bond motifs is 1. The van der Waals surface area contributed by atoms with Crippen molar-refractivity contribution in [3.8, 4) is 0 Å². The molecule has 0 aliphatic rings. The van der Waals surface area contributed by atoms with Crippen LogP contribution in [-0.2, 0) is 6.54 Å². The first-order chi connectivity index (χ1) is 9.13. The lowest BCUT2D eigenvalue weighted by Gasteiger charge is -2.04. The second kappa shape index (κ2) is 4.62. The summed E-state index contributed by atoms with van der Waals surface area (Å²) in [6, 6.07) is 7.46. The van der Waals surface area contributed by atoms with Crippen molar-refractivity contribution in [1.29, 1.82) is 0 Å². The first-order valence-corrected chi connectivity index (χ1v) is 6.50. The van der Waals surface area contributed by atoms with Crippen LogP contribution in [0.4, 0.5) is 0 Å². The van der Waals surface area contributed by atoms with E-state index in [9.17, 15) is 4.79 Å². The molecular weight excluding hydrogens is 310 g/mol. The summed E-state index contributed by atoms with van der Waals surface area (Å²) < 4.78 is 7.79. The number of benzene rings is 1. The lowest BCUT2D eigenvalue weighted by molar-refractivity contribution is 0.452. The summed E-state index contributed by atoms with van der Waals surface area (Å²) in [5.41, 5.74) is -0.0687. The average molecular weight is 320 g/mol. The Kier molecular flexibility index (Phi) is 2.94. The van der Waals surface area contributed by atoms with Gasteiger partial charge >= 0.3 is 0 Å². The summed E-state index contributed by atoms with van der Waals surface area (Å²) in [7, 11) is 0. The van der Waals surface area contributed by atoms with E-state index in [1.165, 1.54) is 0 Å². The number of pyridine rings is 1. The van der Waals surface area contributed by atoms with Gasteiger partial charge in [0, 0.05) is 23.0 Å². The van der Waals surface area contributed by atoms with Gasteiger partial charge in [0.2, 0.25) is 11.8 Å². The van der Waals surface area contributed by atoms with E-state index in [-0.39, 0.29) is 12.1 Å². The molecular formula is C13H10BrN3O2. The molecule has 1 aromatic carbocycles. The molecule has 0 atom stereocenters. The van der Waals surface area contributed by atoms with E-state index in [0.717, 1.165) is 9.86 Å². The van der Waals surface area contributed by atoms with Gasteiger partial charge in [-0.2, -0.15) is 0 Å². The van der Waals surface area contributed by atoms with E-state index in [1.807, 2.05) is 18.2 Å². The first-order valence-electron chi connectivity index (χ1n) is 5.71. The van der Waals surface area contributed by atoms with Crippen molar-refractivity contribution in [3.05, 3.63) is 57.1 Å². The number of aromatic nitrogens is 3. The molecule has 6 heteroatoms. The molecule has 0 unspecified atom stereocenters. The van der Waals surface area contributed by atoms with Crippen LogP contribution in [0.3, 0.4) is 0 Å². The fourth-order valence-electron chi connectivity index (χ4n) is 1.93. The highest BCUT2D eigenvalue weighted by molar-refractivity contribution is 9.10. The summed E-state index contributed by atoms with van der Waals surface area (Å²) in [5.74, 6) is 0.920. The molecule has 0 saturated heterocycles. The lowest BCUT2D eigenvalue weighted by atomic mass is 10.2. The third kappa shape index (κ3) is 2.31. The van der Waals surface area contributed by atoms with Crippen molar-refractivity contribution in [2.24, 2.45) is 0 Å². The van der Waals surface area contributed by atoms with Gasteiger partial charge in [-0.15, -0.1) is 10.2 Å². The van der Waals surface area contributed by atoms with Crippen LogP contribution < -0.4 is 5.56 Å². The minimum absolute atomic E-state index is 0.0687. The Labute approximate surface area is 117 Å². The molecule has 0 radical (unpaired) electrons. The maximum absolute atomic E-state index is 12.3. The van der Waals surface area contributed by atoms with Gasteiger partial charge in [-0.3, -0.25) is 4.79 Å². The predicted molar refractivity (Wildman–Crippen MR) is 74.0 cm³/mol. The molecule has 5 nitrogen and oxygen atoms in total. The van der Waals surface area contributed by atoms with Gasteiger partial charge in [0.05, 0.1) is 0 Å². The van der Waals surface area contributed by atoms with E-state index in [1.54, 1.807) is 23.8 Å². The van der Waals surface area contributed by atoms with Gasteiger partial charge in [0.15, 0.2) is 0 Å². The second-order valence-corrected chi connectivity index (χ2v) is 5.11. The van der Waals surface area contributed by atoms with Crippen molar-refractivity contribution < 1.29 is 4.42 Å². The third-order valence-corrected chi connectivity index (χ3v) is 3.31. The van der Waals surface area contributed by atoms with E-state index in [4.69, 9.17) is 4.42 Å². The quantitative estimate of drug-likeness (QED) is 0.728. The minimum atomic E-state index is -0.0687. The van der Waals surface area contributed by atoms with Gasteiger partial charge in [-0.05, 0) is 29.7 Å². The van der Waals surface area contributed by atoms with Crippen LogP contribution in [0.15, 0.2) is 44.1 Å². The standard InChI is InChI=1S/C13H10BrN3O2/c1-8-15-16-12(19-8)7-17-5-4-9-6-10(14)2-3-11(9)13(17)18/h2-6H,7H2,1H3. The molecule has 19 heavy (non-hydrogen) atoms. The third-order valence-electron chi connectivity index (χ3n) is 2.81. The SMILES string of the molecule is Cc1nnc(Cn2ccc3cc(Br)ccc3c2=O)o1. The van der Waals surface area contributed by atoms with E-state index in [0.29, 0.717) is 17.2 Å². The van der Waals surface area contributed by atoms with Crippen LogP contribution in [0.1, 0.15) is 11.8 Å². The molecule has 0 aliphatic heterocycles. The molecule has 0 fully saturated rings. The van der Waals surface area contributed by atoms with E-state index in [2.05, 4.69) is 26.1 Å². The zero-order valence-corrected chi connectivity index (χ0v) is 11.7. The molecule has 0 bridgehead atoms. The van der Waals surface area contributed by atoms with Crippen molar-refractivity contribution in [2.45, 2.75) is 13.5 Å². The van der Waals surface area contributed by atoms with Crippen LogP contribution in [0.25, 0.3) is 10.8 Å². The molecule has 2 heterocycles. The highest BCUT2D eigenvalue weighted by Crippen LogP contribution is 2.16. The molecule has 0 aliphatic carbocycles. The molecule has 0 amide bonds. The lowest BCUT2D eigenvalue weighted by Crippen LogP contribution is -2.20. The maximum Gasteiger partial charge on any atom is 0.258 e. The Hall–Kier alpha value is -1.95. The number of halogens is 1. The zero-order valence-electron chi connectivity index (χ0n) is 10.1. The largest absolute Gasteiger partial charge is 0.424 e. The summed E-state index contributed by atoms with van der Waals surface area (Å²) in [6.45, 7) is 2.00. The predicted octanol–water partition coefficient (Wildman–Crippen LogP) is 2.50. The van der Waals surface area contributed by atoms with Crippen molar-refractivity contribution >= 4 is 26.7 Å². The Morgan fingerprint density at radius 1 is 1.32 bits per heavy atom. The van der Waals surface area contributed by atoms with Crippen LogP contribution in [0, 0.1) is 6.92 Å². The maximum atomic E-state index is 12.3.